The molecule has 0 aliphatic heterocycles. The molecule has 0 aliphatic rings. The Balaban J connectivity index is 2.11. The van der Waals surface area contributed by atoms with Crippen LogP contribution >= 0.6 is 0 Å². The molecule has 2 N–H and O–H groups in total. The van der Waals surface area contributed by atoms with Gasteiger partial charge in [-0.15, -0.1) is 0 Å². The first-order chi connectivity index (χ1) is 9.61. The maximum atomic E-state index is 9.11. The van der Waals surface area contributed by atoms with E-state index in [1.807, 2.05) is 19.1 Å². The molecule has 0 radical (unpaired) electrons. The third-order valence-electron chi connectivity index (χ3n) is 2.92. The average Bonchev–Trinajstić information content (AvgIpc) is 2.46. The van der Waals surface area contributed by atoms with Crippen molar-refractivity contribution in [1.29, 1.82) is 0 Å². The molecule has 2 aromatic rings. The van der Waals surface area contributed by atoms with Crippen LogP contribution in [0.2, 0.25) is 0 Å². The van der Waals surface area contributed by atoms with Gasteiger partial charge in [0.15, 0.2) is 0 Å². The van der Waals surface area contributed by atoms with Gasteiger partial charge in [0, 0.05) is 6.20 Å². The lowest BCUT2D eigenvalue weighted by molar-refractivity contribution is 0.292. The molecule has 0 spiro atoms. The Morgan fingerprint density at radius 1 is 1.25 bits per heavy atom. The maximum Gasteiger partial charge on any atom is 0.488 e. The number of aryl methyl sites for hydroxylation is 1. The lowest BCUT2D eigenvalue weighted by Gasteiger charge is -2.12. The molecular weight excluding hydrogens is 257 g/mol. The number of hydrogen-bond acceptors (Lipinski definition) is 5. The van der Waals surface area contributed by atoms with Gasteiger partial charge in [0.05, 0.1) is 12.7 Å². The Labute approximate surface area is 118 Å². The van der Waals surface area contributed by atoms with Gasteiger partial charge in [-0.2, -0.15) is 0 Å². The fourth-order valence-electron chi connectivity index (χ4n) is 1.87. The van der Waals surface area contributed by atoms with Gasteiger partial charge in [-0.05, 0) is 36.1 Å². The Hall–Kier alpha value is -2.05. The first kappa shape index (κ1) is 14.4. The normalized spacial score (nSPS) is 10.2. The summed E-state index contributed by atoms with van der Waals surface area (Å²) in [4.78, 5) is 4.10. The Kier molecular flexibility index (Phi) is 4.60. The molecule has 0 unspecified atom stereocenters. The van der Waals surface area contributed by atoms with Gasteiger partial charge in [-0.3, -0.25) is 0 Å². The van der Waals surface area contributed by atoms with Gasteiger partial charge in [0.25, 0.3) is 0 Å². The minimum atomic E-state index is -1.47. The molecule has 104 valence electrons. The van der Waals surface area contributed by atoms with Crippen LogP contribution in [0.4, 0.5) is 0 Å². The monoisotopic (exact) mass is 273 g/mol. The van der Waals surface area contributed by atoms with Crippen molar-refractivity contribution in [1.82, 2.24) is 4.98 Å². The summed E-state index contributed by atoms with van der Waals surface area (Å²) < 4.78 is 10.9. The Bertz CT molecular complexity index is 589. The number of nitrogens with zero attached hydrogens (tertiary/aromatic N) is 1. The van der Waals surface area contributed by atoms with E-state index in [0.717, 1.165) is 11.1 Å². The highest BCUT2D eigenvalue weighted by Gasteiger charge is 2.12. The highest BCUT2D eigenvalue weighted by Crippen LogP contribution is 2.20. The molecule has 1 aromatic heterocycles. The van der Waals surface area contributed by atoms with Gasteiger partial charge < -0.3 is 19.5 Å². The predicted octanol–water partition coefficient (Wildman–Crippen LogP) is 0.657. The van der Waals surface area contributed by atoms with Gasteiger partial charge >= 0.3 is 7.12 Å². The largest absolute Gasteiger partial charge is 0.488 e. The van der Waals surface area contributed by atoms with Crippen molar-refractivity contribution in [2.75, 3.05) is 7.11 Å². The van der Waals surface area contributed by atoms with E-state index in [2.05, 4.69) is 4.98 Å². The zero-order valence-electron chi connectivity index (χ0n) is 11.4. The molecule has 6 heteroatoms. The highest BCUT2D eigenvalue weighted by molar-refractivity contribution is 6.58. The van der Waals surface area contributed by atoms with Crippen LogP contribution in [-0.2, 0) is 6.61 Å². The number of rotatable bonds is 5. The van der Waals surface area contributed by atoms with Gasteiger partial charge in [0.1, 0.15) is 12.4 Å². The SMILES string of the molecule is COc1ncccc1COc1ccc(B(O)O)cc1C. The molecule has 2 rings (SSSR count). The summed E-state index contributed by atoms with van der Waals surface area (Å²) in [6, 6.07) is 8.72. The van der Waals surface area contributed by atoms with Gasteiger partial charge in [-0.25, -0.2) is 4.98 Å². The lowest BCUT2D eigenvalue weighted by atomic mass is 9.79. The summed E-state index contributed by atoms with van der Waals surface area (Å²) in [5.74, 6) is 1.22. The van der Waals surface area contributed by atoms with Crippen LogP contribution in [0, 0.1) is 6.92 Å². The van der Waals surface area contributed by atoms with Crippen LogP contribution in [0.25, 0.3) is 0 Å². The van der Waals surface area contributed by atoms with Gasteiger partial charge in [-0.1, -0.05) is 12.1 Å². The number of ether oxygens (including phenoxy) is 2. The van der Waals surface area contributed by atoms with Crippen molar-refractivity contribution in [2.24, 2.45) is 0 Å². The molecule has 0 fully saturated rings. The van der Waals surface area contributed by atoms with Crippen molar-refractivity contribution in [2.45, 2.75) is 13.5 Å². The van der Waals surface area contributed by atoms with E-state index in [1.54, 1.807) is 31.5 Å². The third-order valence-corrected chi connectivity index (χ3v) is 2.92. The molecule has 0 bridgehead atoms. The van der Waals surface area contributed by atoms with Crippen molar-refractivity contribution in [3.63, 3.8) is 0 Å². The summed E-state index contributed by atoms with van der Waals surface area (Å²) >= 11 is 0. The minimum absolute atomic E-state index is 0.332. The molecule has 0 amide bonds. The molecule has 5 nitrogen and oxygen atoms in total. The Morgan fingerprint density at radius 3 is 2.70 bits per heavy atom. The molecular formula is C14H16BNO4. The number of pyridine rings is 1. The van der Waals surface area contributed by atoms with Crippen LogP contribution in [0.15, 0.2) is 36.5 Å². The topological polar surface area (TPSA) is 71.8 Å². The van der Waals surface area contributed by atoms with Crippen molar-refractivity contribution < 1.29 is 19.5 Å². The molecule has 1 heterocycles. The zero-order valence-corrected chi connectivity index (χ0v) is 11.4. The summed E-state index contributed by atoms with van der Waals surface area (Å²) in [5.41, 5.74) is 2.12. The first-order valence-corrected chi connectivity index (χ1v) is 6.19. The third kappa shape index (κ3) is 3.29. The number of benzene rings is 1. The van der Waals surface area contributed by atoms with Crippen molar-refractivity contribution in [3.8, 4) is 11.6 Å². The number of methoxy groups -OCH3 is 1. The van der Waals surface area contributed by atoms with E-state index in [0.29, 0.717) is 23.7 Å². The van der Waals surface area contributed by atoms with E-state index < -0.39 is 7.12 Å². The standard InChI is InChI=1S/C14H16BNO4/c1-10-8-12(15(17)18)5-6-13(10)20-9-11-4-3-7-16-14(11)19-2/h3-8,17-18H,9H2,1-2H3. The van der Waals surface area contributed by atoms with Crippen molar-refractivity contribution >= 4 is 12.6 Å². The minimum Gasteiger partial charge on any atom is -0.488 e. The molecule has 1 aromatic carbocycles. The van der Waals surface area contributed by atoms with E-state index in [4.69, 9.17) is 19.5 Å². The first-order valence-electron chi connectivity index (χ1n) is 6.19. The fourth-order valence-corrected chi connectivity index (χ4v) is 1.87. The lowest BCUT2D eigenvalue weighted by Crippen LogP contribution is -2.29. The summed E-state index contributed by atoms with van der Waals surface area (Å²) in [6.07, 6.45) is 1.66. The van der Waals surface area contributed by atoms with E-state index in [-0.39, 0.29) is 0 Å². The fraction of sp³-hybridized carbons (Fsp3) is 0.214. The van der Waals surface area contributed by atoms with Crippen molar-refractivity contribution in [3.05, 3.63) is 47.7 Å². The van der Waals surface area contributed by atoms with E-state index >= 15 is 0 Å². The highest BCUT2D eigenvalue weighted by atomic mass is 16.5. The maximum absolute atomic E-state index is 9.11. The summed E-state index contributed by atoms with van der Waals surface area (Å²) in [6.45, 7) is 2.18. The van der Waals surface area contributed by atoms with Crippen LogP contribution < -0.4 is 14.9 Å². The smallest absolute Gasteiger partial charge is 0.488 e. The quantitative estimate of drug-likeness (QED) is 0.783. The molecule has 0 aliphatic carbocycles. The van der Waals surface area contributed by atoms with Crippen LogP contribution in [0.1, 0.15) is 11.1 Å². The predicted molar refractivity (Wildman–Crippen MR) is 76.1 cm³/mol. The van der Waals surface area contributed by atoms with Crippen LogP contribution in [-0.4, -0.2) is 29.3 Å². The average molecular weight is 273 g/mol. The van der Waals surface area contributed by atoms with Crippen LogP contribution in [0.3, 0.4) is 0 Å². The van der Waals surface area contributed by atoms with E-state index in [9.17, 15) is 0 Å². The number of aromatic nitrogens is 1. The summed E-state index contributed by atoms with van der Waals surface area (Å²) in [7, 11) is 0.0929. The molecule has 0 saturated carbocycles. The number of hydrogen-bond donors (Lipinski definition) is 2. The molecule has 0 saturated heterocycles. The van der Waals surface area contributed by atoms with Gasteiger partial charge in [0.2, 0.25) is 5.88 Å². The van der Waals surface area contributed by atoms with Crippen LogP contribution in [0.5, 0.6) is 11.6 Å². The molecule has 20 heavy (non-hydrogen) atoms. The summed E-state index contributed by atoms with van der Waals surface area (Å²) in [5, 5.41) is 18.2. The zero-order chi connectivity index (χ0) is 14.5. The molecule has 0 atom stereocenters. The Morgan fingerprint density at radius 2 is 2.05 bits per heavy atom. The van der Waals surface area contributed by atoms with E-state index in [1.165, 1.54) is 0 Å². The second kappa shape index (κ2) is 6.41. The second-order valence-corrected chi connectivity index (χ2v) is 4.36. The second-order valence-electron chi connectivity index (χ2n) is 4.36.